The second-order valence-electron chi connectivity index (χ2n) is 8.99. The van der Waals surface area contributed by atoms with Crippen LogP contribution in [0.25, 0.3) is 11.0 Å². The number of aryl methyl sites for hydroxylation is 1. The molecular formula is C26H34N4O. The van der Waals surface area contributed by atoms with Crippen LogP contribution in [0, 0.1) is 5.92 Å². The van der Waals surface area contributed by atoms with Gasteiger partial charge in [-0.15, -0.1) is 0 Å². The molecule has 1 aliphatic heterocycles. The number of carbonyl (C=O) groups excluding carboxylic acids is 1. The maximum atomic E-state index is 12.9. The molecule has 0 spiro atoms. The molecule has 1 aliphatic rings. The van der Waals surface area contributed by atoms with Gasteiger partial charge in [0, 0.05) is 18.3 Å². The number of nitrogens with one attached hydrogen (secondary N) is 1. The second-order valence-corrected chi connectivity index (χ2v) is 8.99. The first-order valence-corrected chi connectivity index (χ1v) is 11.6. The molecule has 4 rings (SSSR count). The summed E-state index contributed by atoms with van der Waals surface area (Å²) in [6.45, 7) is 9.16. The molecule has 1 atom stereocenters. The molecule has 0 bridgehead atoms. The fraction of sp³-hybridized carbons (Fsp3) is 0.462. The third-order valence-electron chi connectivity index (χ3n) is 6.19. The van der Waals surface area contributed by atoms with Crippen molar-refractivity contribution in [2.24, 2.45) is 5.92 Å². The number of aromatic nitrogens is 2. The number of likely N-dealkylation sites (tertiary alicyclic amines) is 1. The van der Waals surface area contributed by atoms with Gasteiger partial charge in [0.2, 0.25) is 5.91 Å². The Morgan fingerprint density at radius 1 is 1.16 bits per heavy atom. The Morgan fingerprint density at radius 2 is 1.94 bits per heavy atom. The summed E-state index contributed by atoms with van der Waals surface area (Å²) < 4.78 is 2.33. The average molecular weight is 419 g/mol. The van der Waals surface area contributed by atoms with E-state index in [-0.39, 0.29) is 11.8 Å². The number of hydrogen-bond donors (Lipinski definition) is 1. The van der Waals surface area contributed by atoms with Crippen LogP contribution in [0.4, 0.5) is 5.69 Å². The van der Waals surface area contributed by atoms with Crippen LogP contribution in [0.5, 0.6) is 0 Å². The van der Waals surface area contributed by atoms with Gasteiger partial charge in [0.1, 0.15) is 5.82 Å². The zero-order valence-electron chi connectivity index (χ0n) is 19.0. The van der Waals surface area contributed by atoms with Crippen LogP contribution >= 0.6 is 0 Å². The minimum absolute atomic E-state index is 0.0148. The van der Waals surface area contributed by atoms with Gasteiger partial charge < -0.3 is 9.88 Å². The SMILES string of the molecule is CCCc1ccc(NC(=O)[C@H]2CCCN(Cc3nc4ccccc4n3C(C)C)C2)cc1. The number of fused-ring (bicyclic) bond motifs is 1. The van der Waals surface area contributed by atoms with Gasteiger partial charge in [-0.3, -0.25) is 9.69 Å². The maximum absolute atomic E-state index is 12.9. The summed E-state index contributed by atoms with van der Waals surface area (Å²) in [6.07, 6.45) is 4.19. The van der Waals surface area contributed by atoms with Crippen LogP contribution in [0.1, 0.15) is 57.5 Å². The van der Waals surface area contributed by atoms with Crippen molar-refractivity contribution in [1.82, 2.24) is 14.5 Å². The first-order chi connectivity index (χ1) is 15.0. The smallest absolute Gasteiger partial charge is 0.228 e. The van der Waals surface area contributed by atoms with Gasteiger partial charge in [-0.2, -0.15) is 0 Å². The fourth-order valence-electron chi connectivity index (χ4n) is 4.68. The fourth-order valence-corrected chi connectivity index (χ4v) is 4.68. The van der Waals surface area contributed by atoms with E-state index in [0.29, 0.717) is 6.04 Å². The molecule has 0 aliphatic carbocycles. The molecule has 164 valence electrons. The van der Waals surface area contributed by atoms with Crippen molar-refractivity contribution in [1.29, 1.82) is 0 Å². The monoisotopic (exact) mass is 418 g/mol. The van der Waals surface area contributed by atoms with Crippen molar-refractivity contribution < 1.29 is 4.79 Å². The van der Waals surface area contributed by atoms with Crippen LogP contribution in [-0.4, -0.2) is 33.4 Å². The van der Waals surface area contributed by atoms with Gasteiger partial charge in [-0.1, -0.05) is 37.6 Å². The van der Waals surface area contributed by atoms with Crippen LogP contribution in [0.3, 0.4) is 0 Å². The number of para-hydroxylation sites is 2. The first kappa shape index (κ1) is 21.6. The van der Waals surface area contributed by atoms with Crippen molar-refractivity contribution in [2.45, 2.75) is 59.0 Å². The Kier molecular flexibility index (Phi) is 6.71. The highest BCUT2D eigenvalue weighted by atomic mass is 16.1. The predicted octanol–water partition coefficient (Wildman–Crippen LogP) is 5.42. The van der Waals surface area contributed by atoms with Crippen molar-refractivity contribution in [3.8, 4) is 0 Å². The number of nitrogens with zero attached hydrogens (tertiary/aromatic N) is 3. The maximum Gasteiger partial charge on any atom is 0.228 e. The largest absolute Gasteiger partial charge is 0.326 e. The number of carbonyl (C=O) groups is 1. The van der Waals surface area contributed by atoms with Crippen molar-refractivity contribution in [2.75, 3.05) is 18.4 Å². The topological polar surface area (TPSA) is 50.2 Å². The zero-order chi connectivity index (χ0) is 21.8. The minimum Gasteiger partial charge on any atom is -0.326 e. The summed E-state index contributed by atoms with van der Waals surface area (Å²) in [4.78, 5) is 20.2. The zero-order valence-corrected chi connectivity index (χ0v) is 19.0. The van der Waals surface area contributed by atoms with E-state index in [2.05, 4.69) is 65.9 Å². The van der Waals surface area contributed by atoms with Gasteiger partial charge in [0.05, 0.1) is 23.5 Å². The van der Waals surface area contributed by atoms with Gasteiger partial charge >= 0.3 is 0 Å². The number of benzene rings is 2. The summed E-state index contributed by atoms with van der Waals surface area (Å²) in [6, 6.07) is 17.0. The van der Waals surface area contributed by atoms with Crippen LogP contribution in [0.15, 0.2) is 48.5 Å². The molecule has 0 saturated carbocycles. The molecule has 0 radical (unpaired) electrons. The Hall–Kier alpha value is -2.66. The molecule has 3 aromatic rings. The van der Waals surface area contributed by atoms with E-state index >= 15 is 0 Å². The summed E-state index contributed by atoms with van der Waals surface area (Å²) >= 11 is 0. The van der Waals surface area contributed by atoms with Crippen molar-refractivity contribution in [3.63, 3.8) is 0 Å². The third-order valence-corrected chi connectivity index (χ3v) is 6.19. The second kappa shape index (κ2) is 9.65. The average Bonchev–Trinajstić information content (AvgIpc) is 3.13. The number of hydrogen-bond acceptors (Lipinski definition) is 3. The quantitative estimate of drug-likeness (QED) is 0.557. The third kappa shape index (κ3) is 4.99. The number of amides is 1. The molecule has 1 fully saturated rings. The van der Waals surface area contributed by atoms with E-state index in [1.807, 2.05) is 18.2 Å². The van der Waals surface area contributed by atoms with Crippen molar-refractivity contribution >= 4 is 22.6 Å². The lowest BCUT2D eigenvalue weighted by Gasteiger charge is -2.32. The van der Waals surface area contributed by atoms with Gasteiger partial charge in [0.15, 0.2) is 0 Å². The lowest BCUT2D eigenvalue weighted by molar-refractivity contribution is -0.121. The number of rotatable bonds is 7. The lowest BCUT2D eigenvalue weighted by Crippen LogP contribution is -2.40. The molecule has 1 saturated heterocycles. The highest BCUT2D eigenvalue weighted by molar-refractivity contribution is 5.92. The number of anilines is 1. The molecular weight excluding hydrogens is 384 g/mol. The van der Waals surface area contributed by atoms with E-state index in [1.54, 1.807) is 0 Å². The van der Waals surface area contributed by atoms with E-state index in [4.69, 9.17) is 4.98 Å². The first-order valence-electron chi connectivity index (χ1n) is 11.6. The summed E-state index contributed by atoms with van der Waals surface area (Å²) in [7, 11) is 0. The highest BCUT2D eigenvalue weighted by Gasteiger charge is 2.27. The van der Waals surface area contributed by atoms with Crippen LogP contribution < -0.4 is 5.32 Å². The van der Waals surface area contributed by atoms with Crippen LogP contribution in [0.2, 0.25) is 0 Å². The summed E-state index contributed by atoms with van der Waals surface area (Å²) in [5.41, 5.74) is 4.44. The number of imidazole rings is 1. The Bertz CT molecular complexity index is 1020. The molecule has 1 N–H and O–H groups in total. The normalized spacial score (nSPS) is 17.4. The van der Waals surface area contributed by atoms with E-state index in [9.17, 15) is 4.79 Å². The van der Waals surface area contributed by atoms with E-state index in [0.717, 1.165) is 62.3 Å². The molecule has 31 heavy (non-hydrogen) atoms. The molecule has 2 heterocycles. The van der Waals surface area contributed by atoms with Crippen LogP contribution in [-0.2, 0) is 17.8 Å². The van der Waals surface area contributed by atoms with Gasteiger partial charge in [-0.25, -0.2) is 4.98 Å². The molecule has 5 heteroatoms. The Morgan fingerprint density at radius 3 is 2.68 bits per heavy atom. The molecule has 1 aromatic heterocycles. The van der Waals surface area contributed by atoms with E-state index in [1.165, 1.54) is 11.1 Å². The van der Waals surface area contributed by atoms with Gasteiger partial charge in [0.25, 0.3) is 0 Å². The predicted molar refractivity (Wildman–Crippen MR) is 127 cm³/mol. The molecule has 0 unspecified atom stereocenters. The Balaban J connectivity index is 1.42. The minimum atomic E-state index is 0.0148. The van der Waals surface area contributed by atoms with Crippen molar-refractivity contribution in [3.05, 3.63) is 59.9 Å². The lowest BCUT2D eigenvalue weighted by atomic mass is 9.97. The summed E-state index contributed by atoms with van der Waals surface area (Å²) in [5.74, 6) is 1.23. The molecule has 1 amide bonds. The highest BCUT2D eigenvalue weighted by Crippen LogP contribution is 2.25. The molecule has 2 aromatic carbocycles. The standard InChI is InChI=1S/C26H34N4O/c1-4-8-20-12-14-22(15-13-20)27-26(31)21-9-7-16-29(17-21)18-25-28-23-10-5-6-11-24(23)30(25)19(2)3/h5-6,10-15,19,21H,4,7-9,16-18H2,1-3H3,(H,27,31)/t21-/m0/s1. The number of piperidine rings is 1. The van der Waals surface area contributed by atoms with Gasteiger partial charge in [-0.05, 0) is 69.5 Å². The molecule has 5 nitrogen and oxygen atoms in total. The Labute approximate surface area is 185 Å². The summed E-state index contributed by atoms with van der Waals surface area (Å²) in [5, 5.41) is 3.13. The van der Waals surface area contributed by atoms with E-state index < -0.39 is 0 Å².